The van der Waals surface area contributed by atoms with Crippen LogP contribution >= 0.6 is 0 Å². The van der Waals surface area contributed by atoms with Crippen LogP contribution in [0, 0.1) is 0 Å². The molecule has 1 aromatic carbocycles. The highest BCUT2D eigenvalue weighted by molar-refractivity contribution is 5.92. The van der Waals surface area contributed by atoms with Crippen LogP contribution in [0.3, 0.4) is 0 Å². The molecule has 0 saturated carbocycles. The molecule has 132 valence electrons. The topological polar surface area (TPSA) is 79.0 Å². The van der Waals surface area contributed by atoms with Crippen molar-refractivity contribution in [3.8, 4) is 0 Å². The van der Waals surface area contributed by atoms with Gasteiger partial charge in [0.15, 0.2) is 5.78 Å². The van der Waals surface area contributed by atoms with Crippen LogP contribution in [-0.2, 0) is 14.3 Å². The van der Waals surface area contributed by atoms with Gasteiger partial charge >= 0.3 is 6.09 Å². The third-order valence-corrected chi connectivity index (χ3v) is 4.25. The van der Waals surface area contributed by atoms with Gasteiger partial charge in [0.25, 0.3) is 0 Å². The molecule has 1 fully saturated rings. The quantitative estimate of drug-likeness (QED) is 0.882. The summed E-state index contributed by atoms with van der Waals surface area (Å²) in [6.45, 7) is 3.15. The normalized spacial score (nSPS) is 20.0. The van der Waals surface area contributed by atoms with Crippen molar-refractivity contribution in [2.45, 2.75) is 25.9 Å². The van der Waals surface area contributed by atoms with E-state index in [1.54, 1.807) is 24.1 Å². The molecule has 1 unspecified atom stereocenters. The fraction of sp³-hybridized carbons (Fsp3) is 0.389. The number of allylic oxidation sites excluding steroid dienone is 1. The molecule has 0 aromatic heterocycles. The SMILES string of the molecule is CCC(=O)NCC1CN(c2ccc(N3C=CC(=O)CC3)cc2)C(=O)O1. The number of nitrogens with zero attached hydrogens (tertiary/aromatic N) is 2. The summed E-state index contributed by atoms with van der Waals surface area (Å²) in [4.78, 5) is 38.2. The van der Waals surface area contributed by atoms with Crippen molar-refractivity contribution in [2.24, 2.45) is 0 Å². The number of benzene rings is 1. The number of nitrogens with one attached hydrogen (secondary N) is 1. The van der Waals surface area contributed by atoms with E-state index in [0.717, 1.165) is 11.4 Å². The van der Waals surface area contributed by atoms with Crippen molar-refractivity contribution < 1.29 is 19.1 Å². The first kappa shape index (κ1) is 17.0. The Hall–Kier alpha value is -2.83. The Labute approximate surface area is 146 Å². The monoisotopic (exact) mass is 343 g/mol. The molecule has 7 nitrogen and oxygen atoms in total. The average Bonchev–Trinajstić information content (AvgIpc) is 3.01. The molecule has 1 N–H and O–H groups in total. The highest BCUT2D eigenvalue weighted by Crippen LogP contribution is 2.25. The molecular weight excluding hydrogens is 322 g/mol. The number of cyclic esters (lactones) is 1. The third kappa shape index (κ3) is 3.99. The van der Waals surface area contributed by atoms with Gasteiger partial charge in [-0.3, -0.25) is 14.5 Å². The van der Waals surface area contributed by atoms with Gasteiger partial charge in [0.2, 0.25) is 5.91 Å². The van der Waals surface area contributed by atoms with Gasteiger partial charge in [-0.2, -0.15) is 0 Å². The third-order valence-electron chi connectivity index (χ3n) is 4.25. The molecule has 7 heteroatoms. The number of amides is 2. The van der Waals surface area contributed by atoms with Crippen LogP contribution in [0.15, 0.2) is 36.5 Å². The molecule has 0 radical (unpaired) electrons. The van der Waals surface area contributed by atoms with Crippen LogP contribution in [-0.4, -0.2) is 43.5 Å². The number of ketones is 1. The summed E-state index contributed by atoms with van der Waals surface area (Å²) in [6.07, 6.45) is 3.50. The zero-order chi connectivity index (χ0) is 17.8. The van der Waals surface area contributed by atoms with Gasteiger partial charge in [-0.25, -0.2) is 4.79 Å². The highest BCUT2D eigenvalue weighted by Gasteiger charge is 2.32. The van der Waals surface area contributed by atoms with E-state index < -0.39 is 6.09 Å². The second kappa shape index (κ2) is 7.38. The molecule has 1 aromatic rings. The fourth-order valence-electron chi connectivity index (χ4n) is 2.79. The molecule has 1 atom stereocenters. The molecule has 2 aliphatic heterocycles. The molecule has 0 aliphatic carbocycles. The first-order chi connectivity index (χ1) is 12.1. The predicted molar refractivity (Wildman–Crippen MR) is 93.5 cm³/mol. The minimum atomic E-state index is -0.410. The second-order valence-corrected chi connectivity index (χ2v) is 6.02. The smallest absolute Gasteiger partial charge is 0.414 e. The Bertz CT molecular complexity index is 699. The zero-order valence-electron chi connectivity index (χ0n) is 14.1. The van der Waals surface area contributed by atoms with Crippen LogP contribution in [0.4, 0.5) is 16.2 Å². The van der Waals surface area contributed by atoms with Crippen LogP contribution in [0.2, 0.25) is 0 Å². The van der Waals surface area contributed by atoms with E-state index in [1.165, 1.54) is 0 Å². The van der Waals surface area contributed by atoms with E-state index in [4.69, 9.17) is 4.74 Å². The maximum absolute atomic E-state index is 12.1. The number of hydrogen-bond acceptors (Lipinski definition) is 5. The number of carbonyl (C=O) groups is 3. The Morgan fingerprint density at radius 3 is 2.60 bits per heavy atom. The number of rotatable bonds is 5. The standard InChI is InChI=1S/C18H21N3O4/c1-2-17(23)19-11-16-12-21(18(24)25-16)14-5-3-13(4-6-14)20-9-7-15(22)8-10-20/h3-7,9,16H,2,8,10-12H2,1H3,(H,19,23). The van der Waals surface area contributed by atoms with Gasteiger partial charge in [-0.1, -0.05) is 6.92 Å². The number of hydrogen-bond donors (Lipinski definition) is 1. The van der Waals surface area contributed by atoms with Crippen LogP contribution in [0.25, 0.3) is 0 Å². The van der Waals surface area contributed by atoms with Crippen molar-refractivity contribution in [3.05, 3.63) is 36.5 Å². The molecular formula is C18H21N3O4. The fourth-order valence-corrected chi connectivity index (χ4v) is 2.79. The van der Waals surface area contributed by atoms with Gasteiger partial charge in [0.1, 0.15) is 6.10 Å². The summed E-state index contributed by atoms with van der Waals surface area (Å²) in [6, 6.07) is 7.53. The maximum atomic E-state index is 12.1. The molecule has 2 aliphatic rings. The van der Waals surface area contributed by atoms with Crippen LogP contribution < -0.4 is 15.1 Å². The molecule has 2 heterocycles. The van der Waals surface area contributed by atoms with E-state index >= 15 is 0 Å². The Morgan fingerprint density at radius 2 is 1.96 bits per heavy atom. The van der Waals surface area contributed by atoms with Gasteiger partial charge < -0.3 is 15.0 Å². The van der Waals surface area contributed by atoms with Gasteiger partial charge in [0.05, 0.1) is 13.1 Å². The van der Waals surface area contributed by atoms with E-state index in [2.05, 4.69) is 5.32 Å². The number of carbonyl (C=O) groups excluding carboxylic acids is 3. The van der Waals surface area contributed by atoms with E-state index in [-0.39, 0.29) is 17.8 Å². The van der Waals surface area contributed by atoms with E-state index in [9.17, 15) is 14.4 Å². The Kier molecular flexibility index (Phi) is 5.02. The average molecular weight is 343 g/mol. The summed E-state index contributed by atoms with van der Waals surface area (Å²) in [7, 11) is 0. The van der Waals surface area contributed by atoms with Crippen molar-refractivity contribution >= 4 is 29.2 Å². The number of ether oxygens (including phenoxy) is 1. The first-order valence-corrected chi connectivity index (χ1v) is 8.39. The zero-order valence-corrected chi connectivity index (χ0v) is 14.1. The Balaban J connectivity index is 1.62. The lowest BCUT2D eigenvalue weighted by atomic mass is 10.1. The summed E-state index contributed by atoms with van der Waals surface area (Å²) >= 11 is 0. The first-order valence-electron chi connectivity index (χ1n) is 8.39. The van der Waals surface area contributed by atoms with Crippen molar-refractivity contribution in [2.75, 3.05) is 29.4 Å². The lowest BCUT2D eigenvalue weighted by molar-refractivity contribution is -0.121. The van der Waals surface area contributed by atoms with Crippen molar-refractivity contribution in [1.82, 2.24) is 5.32 Å². The largest absolute Gasteiger partial charge is 0.442 e. The van der Waals surface area contributed by atoms with Gasteiger partial charge in [-0.05, 0) is 30.3 Å². The maximum Gasteiger partial charge on any atom is 0.414 e. The summed E-state index contributed by atoms with van der Waals surface area (Å²) < 4.78 is 5.29. The van der Waals surface area contributed by atoms with Crippen molar-refractivity contribution in [1.29, 1.82) is 0 Å². The van der Waals surface area contributed by atoms with Gasteiger partial charge in [0, 0.05) is 37.0 Å². The number of anilines is 2. The van der Waals surface area contributed by atoms with Crippen LogP contribution in [0.1, 0.15) is 19.8 Å². The van der Waals surface area contributed by atoms with Crippen molar-refractivity contribution in [3.63, 3.8) is 0 Å². The molecule has 1 saturated heterocycles. The van der Waals surface area contributed by atoms with E-state index in [1.807, 2.05) is 29.2 Å². The molecule has 25 heavy (non-hydrogen) atoms. The molecule has 0 bridgehead atoms. The minimum Gasteiger partial charge on any atom is -0.442 e. The highest BCUT2D eigenvalue weighted by atomic mass is 16.6. The molecule has 3 rings (SSSR count). The predicted octanol–water partition coefficient (Wildman–Crippen LogP) is 1.83. The second-order valence-electron chi connectivity index (χ2n) is 6.02. The minimum absolute atomic E-state index is 0.0630. The molecule has 2 amide bonds. The van der Waals surface area contributed by atoms with E-state index in [0.29, 0.717) is 32.5 Å². The van der Waals surface area contributed by atoms with Gasteiger partial charge in [-0.15, -0.1) is 0 Å². The summed E-state index contributed by atoms with van der Waals surface area (Å²) in [5.74, 6) is 0.0702. The lowest BCUT2D eigenvalue weighted by Gasteiger charge is -2.23. The molecule has 0 spiro atoms. The summed E-state index contributed by atoms with van der Waals surface area (Å²) in [5, 5.41) is 2.74. The van der Waals surface area contributed by atoms with Crippen LogP contribution in [0.5, 0.6) is 0 Å². The summed E-state index contributed by atoms with van der Waals surface area (Å²) in [5.41, 5.74) is 1.71. The Morgan fingerprint density at radius 1 is 1.24 bits per heavy atom. The lowest BCUT2D eigenvalue weighted by Crippen LogP contribution is -2.34.